The number of halogens is 2. The van der Waals surface area contributed by atoms with Gasteiger partial charge in [0.25, 0.3) is 11.5 Å². The summed E-state index contributed by atoms with van der Waals surface area (Å²) in [6.07, 6.45) is 1.30. The molecule has 0 atom stereocenters. The number of aryl methyl sites for hydroxylation is 1. The van der Waals surface area contributed by atoms with Crippen molar-refractivity contribution in [3.63, 3.8) is 0 Å². The van der Waals surface area contributed by atoms with Crippen LogP contribution in [0.2, 0.25) is 5.02 Å². The molecule has 20 heavy (non-hydrogen) atoms. The molecule has 0 radical (unpaired) electrons. The summed E-state index contributed by atoms with van der Waals surface area (Å²) in [5.74, 6) is -1.99. The van der Waals surface area contributed by atoms with Crippen molar-refractivity contribution >= 4 is 23.2 Å². The molecule has 7 heteroatoms. The van der Waals surface area contributed by atoms with Crippen LogP contribution in [0.25, 0.3) is 0 Å². The van der Waals surface area contributed by atoms with Gasteiger partial charge in [-0.2, -0.15) is 0 Å². The minimum atomic E-state index is -0.740. The van der Waals surface area contributed by atoms with E-state index in [0.29, 0.717) is 11.3 Å². The molecule has 0 saturated carbocycles. The van der Waals surface area contributed by atoms with Gasteiger partial charge in [-0.15, -0.1) is 0 Å². The molecule has 0 aliphatic rings. The standard InChI is InChI=1S/C13H10ClFN2O3/c1-6-2-8(5-16-12(6)19)17-13(20)9-3-7(15)4-10(14)11(9)18/h2-5,18H,1H3,(H,16,19)(H,17,20). The fraction of sp³-hybridized carbons (Fsp3) is 0.0769. The number of amides is 1. The number of carbonyl (C=O) groups excluding carboxylic acids is 1. The third-order valence-corrected chi connectivity index (χ3v) is 2.91. The van der Waals surface area contributed by atoms with Gasteiger partial charge in [-0.3, -0.25) is 9.59 Å². The Morgan fingerprint density at radius 2 is 2.10 bits per heavy atom. The minimum absolute atomic E-state index is 0.257. The van der Waals surface area contributed by atoms with Crippen molar-refractivity contribution in [1.29, 1.82) is 0 Å². The molecular weight excluding hydrogens is 287 g/mol. The van der Waals surface area contributed by atoms with Crippen LogP contribution in [0, 0.1) is 12.7 Å². The number of aromatic hydroxyl groups is 1. The zero-order valence-corrected chi connectivity index (χ0v) is 11.1. The van der Waals surface area contributed by atoms with Gasteiger partial charge in [-0.25, -0.2) is 4.39 Å². The van der Waals surface area contributed by atoms with Crippen LogP contribution >= 0.6 is 11.6 Å². The predicted octanol–water partition coefficient (Wildman–Crippen LogP) is 2.43. The summed E-state index contributed by atoms with van der Waals surface area (Å²) in [6, 6.07) is 3.22. The van der Waals surface area contributed by atoms with Crippen LogP contribution in [-0.2, 0) is 0 Å². The Morgan fingerprint density at radius 1 is 1.40 bits per heavy atom. The lowest BCUT2D eigenvalue weighted by molar-refractivity contribution is 0.102. The van der Waals surface area contributed by atoms with Crippen LogP contribution in [0.15, 0.2) is 29.2 Å². The van der Waals surface area contributed by atoms with Gasteiger partial charge in [0, 0.05) is 11.8 Å². The number of rotatable bonds is 2. The molecule has 0 fully saturated rings. The molecule has 1 aromatic heterocycles. The lowest BCUT2D eigenvalue weighted by Gasteiger charge is -2.08. The van der Waals surface area contributed by atoms with E-state index < -0.39 is 17.5 Å². The normalized spacial score (nSPS) is 10.3. The van der Waals surface area contributed by atoms with E-state index in [2.05, 4.69) is 10.3 Å². The molecule has 0 saturated heterocycles. The second kappa shape index (κ2) is 5.34. The Labute approximate surface area is 118 Å². The molecule has 1 heterocycles. The molecule has 3 N–H and O–H groups in total. The number of aromatic nitrogens is 1. The molecule has 0 bridgehead atoms. The summed E-state index contributed by atoms with van der Waals surface area (Å²) in [5.41, 5.74) is 0.148. The van der Waals surface area contributed by atoms with Gasteiger partial charge in [0.05, 0.1) is 16.3 Å². The summed E-state index contributed by atoms with van der Waals surface area (Å²) in [5, 5.41) is 11.8. The maximum absolute atomic E-state index is 13.2. The average Bonchev–Trinajstić information content (AvgIpc) is 2.38. The zero-order valence-electron chi connectivity index (χ0n) is 10.3. The first-order valence-electron chi connectivity index (χ1n) is 5.57. The van der Waals surface area contributed by atoms with Gasteiger partial charge in [-0.05, 0) is 25.1 Å². The topological polar surface area (TPSA) is 82.2 Å². The zero-order chi connectivity index (χ0) is 14.9. The van der Waals surface area contributed by atoms with Crippen LogP contribution in [0.5, 0.6) is 5.75 Å². The number of phenolic OH excluding ortho intramolecular Hbond substituents is 1. The number of anilines is 1. The smallest absolute Gasteiger partial charge is 0.259 e. The highest BCUT2D eigenvalue weighted by Crippen LogP contribution is 2.29. The Hall–Kier alpha value is -2.34. The number of benzene rings is 1. The molecule has 2 aromatic rings. The monoisotopic (exact) mass is 296 g/mol. The molecule has 0 aliphatic carbocycles. The number of phenols is 1. The first-order valence-corrected chi connectivity index (χ1v) is 5.95. The molecule has 104 valence electrons. The highest BCUT2D eigenvalue weighted by molar-refractivity contribution is 6.32. The quantitative estimate of drug-likeness (QED) is 0.796. The van der Waals surface area contributed by atoms with Crippen LogP contribution in [0.3, 0.4) is 0 Å². The fourth-order valence-electron chi connectivity index (χ4n) is 1.61. The van der Waals surface area contributed by atoms with Crippen LogP contribution in [0.4, 0.5) is 10.1 Å². The molecule has 0 unspecified atom stereocenters. The molecular formula is C13H10ClFN2O3. The summed E-state index contributed by atoms with van der Waals surface area (Å²) < 4.78 is 13.2. The summed E-state index contributed by atoms with van der Waals surface area (Å²) >= 11 is 5.59. The van der Waals surface area contributed by atoms with E-state index in [0.717, 1.165) is 12.1 Å². The third-order valence-electron chi connectivity index (χ3n) is 2.62. The maximum Gasteiger partial charge on any atom is 0.259 e. The van der Waals surface area contributed by atoms with Gasteiger partial charge < -0.3 is 15.4 Å². The van der Waals surface area contributed by atoms with Crippen molar-refractivity contribution in [3.8, 4) is 5.75 Å². The number of nitrogens with one attached hydrogen (secondary N) is 2. The average molecular weight is 297 g/mol. The molecule has 1 aromatic carbocycles. The lowest BCUT2D eigenvalue weighted by atomic mass is 10.1. The minimum Gasteiger partial charge on any atom is -0.506 e. The van der Waals surface area contributed by atoms with Gasteiger partial charge in [-0.1, -0.05) is 11.6 Å². The maximum atomic E-state index is 13.2. The van der Waals surface area contributed by atoms with Crippen molar-refractivity contribution < 1.29 is 14.3 Å². The van der Waals surface area contributed by atoms with Gasteiger partial charge in [0.15, 0.2) is 0 Å². The highest BCUT2D eigenvalue weighted by atomic mass is 35.5. The Morgan fingerprint density at radius 3 is 2.75 bits per heavy atom. The van der Waals surface area contributed by atoms with Crippen LogP contribution < -0.4 is 10.9 Å². The second-order valence-corrected chi connectivity index (χ2v) is 4.55. The van der Waals surface area contributed by atoms with Crippen LogP contribution in [-0.4, -0.2) is 16.0 Å². The fourth-order valence-corrected chi connectivity index (χ4v) is 1.81. The molecule has 0 spiro atoms. The highest BCUT2D eigenvalue weighted by Gasteiger charge is 2.16. The summed E-state index contributed by atoms with van der Waals surface area (Å²) in [7, 11) is 0. The van der Waals surface area contributed by atoms with Crippen LogP contribution in [0.1, 0.15) is 15.9 Å². The lowest BCUT2D eigenvalue weighted by Crippen LogP contribution is -2.15. The largest absolute Gasteiger partial charge is 0.506 e. The number of pyridine rings is 1. The van der Waals surface area contributed by atoms with E-state index >= 15 is 0 Å². The molecule has 0 aliphatic heterocycles. The van der Waals surface area contributed by atoms with Crippen molar-refractivity contribution in [2.24, 2.45) is 0 Å². The molecule has 5 nitrogen and oxygen atoms in total. The third kappa shape index (κ3) is 2.80. The number of aromatic amines is 1. The number of H-pyrrole nitrogens is 1. The number of hydrogen-bond donors (Lipinski definition) is 3. The van der Waals surface area contributed by atoms with Gasteiger partial charge in [0.2, 0.25) is 0 Å². The summed E-state index contributed by atoms with van der Waals surface area (Å²) in [6.45, 7) is 1.57. The van der Waals surface area contributed by atoms with E-state index in [1.807, 2.05) is 0 Å². The van der Waals surface area contributed by atoms with E-state index in [4.69, 9.17) is 11.6 Å². The van der Waals surface area contributed by atoms with E-state index in [9.17, 15) is 19.1 Å². The molecule has 1 amide bonds. The second-order valence-electron chi connectivity index (χ2n) is 4.14. The van der Waals surface area contributed by atoms with Gasteiger partial charge in [0.1, 0.15) is 11.6 Å². The first-order chi connectivity index (χ1) is 9.38. The summed E-state index contributed by atoms with van der Waals surface area (Å²) in [4.78, 5) is 25.6. The van der Waals surface area contributed by atoms with Crippen molar-refractivity contribution in [1.82, 2.24) is 4.98 Å². The molecule has 2 rings (SSSR count). The Balaban J connectivity index is 2.33. The van der Waals surface area contributed by atoms with E-state index in [-0.39, 0.29) is 16.1 Å². The number of hydrogen-bond acceptors (Lipinski definition) is 3. The van der Waals surface area contributed by atoms with Crippen molar-refractivity contribution in [2.45, 2.75) is 6.92 Å². The van der Waals surface area contributed by atoms with Crippen molar-refractivity contribution in [3.05, 3.63) is 56.7 Å². The van der Waals surface area contributed by atoms with E-state index in [1.54, 1.807) is 6.92 Å². The predicted molar refractivity (Wildman–Crippen MR) is 72.8 cm³/mol. The SMILES string of the molecule is Cc1cc(NC(=O)c2cc(F)cc(Cl)c2O)c[nH]c1=O. The Kier molecular flexibility index (Phi) is 3.76. The van der Waals surface area contributed by atoms with Crippen molar-refractivity contribution in [2.75, 3.05) is 5.32 Å². The Bertz CT molecular complexity index is 743. The first kappa shape index (κ1) is 14.1. The van der Waals surface area contributed by atoms with Gasteiger partial charge >= 0.3 is 0 Å². The van der Waals surface area contributed by atoms with E-state index in [1.165, 1.54) is 12.3 Å². The number of carbonyl (C=O) groups is 1.